The topological polar surface area (TPSA) is 47.3 Å². The maximum absolute atomic E-state index is 8.42. The molecule has 1 aromatic rings. The summed E-state index contributed by atoms with van der Waals surface area (Å²) >= 11 is 2.20. The van der Waals surface area contributed by atoms with Crippen LogP contribution in [0.4, 0.5) is 0 Å². The largest absolute Gasteiger partial charge is 0.394 e. The van der Waals surface area contributed by atoms with Crippen molar-refractivity contribution < 1.29 is 9.84 Å². The van der Waals surface area contributed by atoms with Gasteiger partial charge in [0.25, 0.3) is 0 Å². The predicted molar refractivity (Wildman–Crippen MR) is 52.8 cm³/mol. The van der Waals surface area contributed by atoms with Gasteiger partial charge in [-0.2, -0.15) is 5.10 Å². The van der Waals surface area contributed by atoms with Crippen LogP contribution in [0.3, 0.4) is 0 Å². The van der Waals surface area contributed by atoms with Gasteiger partial charge < -0.3 is 9.84 Å². The molecule has 0 aliphatic rings. The molecule has 0 radical (unpaired) electrons. The van der Waals surface area contributed by atoms with Gasteiger partial charge in [0.2, 0.25) is 0 Å². The van der Waals surface area contributed by atoms with Gasteiger partial charge in [0, 0.05) is 6.20 Å². The summed E-state index contributed by atoms with van der Waals surface area (Å²) < 4.78 is 8.02. The Kier molecular flexibility index (Phi) is 4.55. The molecule has 0 saturated heterocycles. The third-order valence-electron chi connectivity index (χ3n) is 1.30. The number of ether oxygens (including phenoxy) is 1. The second-order valence-corrected chi connectivity index (χ2v) is 3.50. The summed E-state index contributed by atoms with van der Waals surface area (Å²) in [7, 11) is 0. The zero-order valence-electron chi connectivity index (χ0n) is 6.61. The molecule has 0 spiro atoms. The number of aliphatic hydroxyl groups is 1. The van der Waals surface area contributed by atoms with Gasteiger partial charge in [-0.05, 0) is 22.6 Å². The summed E-state index contributed by atoms with van der Waals surface area (Å²) in [6.07, 6.45) is 3.75. The maximum atomic E-state index is 8.42. The number of aromatic nitrogens is 2. The highest BCUT2D eigenvalue weighted by Crippen LogP contribution is 2.00. The van der Waals surface area contributed by atoms with E-state index in [9.17, 15) is 0 Å². The van der Waals surface area contributed by atoms with Crippen molar-refractivity contribution in [1.82, 2.24) is 9.78 Å². The third-order valence-corrected chi connectivity index (χ3v) is 1.86. The predicted octanol–water partition coefficient (Wildman–Crippen LogP) is 0.497. The Bertz CT molecular complexity index is 227. The molecule has 0 saturated carbocycles. The van der Waals surface area contributed by atoms with Crippen LogP contribution in [0.25, 0.3) is 0 Å². The van der Waals surface area contributed by atoms with Crippen molar-refractivity contribution >= 4 is 22.6 Å². The highest BCUT2D eigenvalue weighted by atomic mass is 127. The van der Waals surface area contributed by atoms with Crippen LogP contribution in [-0.4, -0.2) is 34.7 Å². The molecule has 0 amide bonds. The van der Waals surface area contributed by atoms with E-state index in [0.29, 0.717) is 13.2 Å². The quantitative estimate of drug-likeness (QED) is 0.632. The molecule has 5 heteroatoms. The second-order valence-electron chi connectivity index (χ2n) is 2.26. The number of rotatable bonds is 5. The summed E-state index contributed by atoms with van der Waals surface area (Å²) in [6, 6.07) is 0. The Hall–Kier alpha value is -0.140. The highest BCUT2D eigenvalue weighted by Gasteiger charge is 1.93. The summed E-state index contributed by atoms with van der Waals surface area (Å²) in [6.45, 7) is 1.82. The molecule has 1 heterocycles. The van der Waals surface area contributed by atoms with Crippen LogP contribution in [0.15, 0.2) is 12.4 Å². The third kappa shape index (κ3) is 3.51. The first kappa shape index (κ1) is 9.94. The molecular weight excluding hydrogens is 271 g/mol. The lowest BCUT2D eigenvalue weighted by atomic mass is 10.6. The van der Waals surface area contributed by atoms with E-state index in [-0.39, 0.29) is 6.61 Å². The van der Waals surface area contributed by atoms with E-state index in [1.165, 1.54) is 0 Å². The van der Waals surface area contributed by atoms with Crippen molar-refractivity contribution in [2.24, 2.45) is 0 Å². The van der Waals surface area contributed by atoms with E-state index in [1.807, 2.05) is 10.9 Å². The summed E-state index contributed by atoms with van der Waals surface area (Å²) in [5.74, 6) is 0. The Morgan fingerprint density at radius 1 is 1.58 bits per heavy atom. The van der Waals surface area contributed by atoms with Crippen LogP contribution in [0.2, 0.25) is 0 Å². The lowest BCUT2D eigenvalue weighted by molar-refractivity contribution is 0.0854. The summed E-state index contributed by atoms with van der Waals surface area (Å²) in [5.41, 5.74) is 0. The highest BCUT2D eigenvalue weighted by molar-refractivity contribution is 14.1. The molecule has 1 N–H and O–H groups in total. The van der Waals surface area contributed by atoms with Crippen molar-refractivity contribution in [3.05, 3.63) is 16.0 Å². The average molecular weight is 282 g/mol. The number of nitrogens with zero attached hydrogens (tertiary/aromatic N) is 2. The molecule has 0 unspecified atom stereocenters. The van der Waals surface area contributed by atoms with Gasteiger partial charge in [0.1, 0.15) is 0 Å². The summed E-state index contributed by atoms with van der Waals surface area (Å²) in [4.78, 5) is 0. The number of aliphatic hydroxyl groups excluding tert-OH is 1. The van der Waals surface area contributed by atoms with Crippen molar-refractivity contribution in [2.75, 3.05) is 19.8 Å². The van der Waals surface area contributed by atoms with Crippen LogP contribution >= 0.6 is 22.6 Å². The molecule has 0 aliphatic heterocycles. The van der Waals surface area contributed by atoms with Crippen LogP contribution in [0.1, 0.15) is 0 Å². The number of hydrogen-bond donors (Lipinski definition) is 1. The monoisotopic (exact) mass is 282 g/mol. The van der Waals surface area contributed by atoms with Crippen LogP contribution in [-0.2, 0) is 11.3 Å². The summed E-state index contributed by atoms with van der Waals surface area (Å²) in [5, 5.41) is 12.5. The Balaban J connectivity index is 2.15. The van der Waals surface area contributed by atoms with Gasteiger partial charge in [0.05, 0.1) is 36.1 Å². The minimum absolute atomic E-state index is 0.0800. The van der Waals surface area contributed by atoms with Crippen LogP contribution < -0.4 is 0 Å². The van der Waals surface area contributed by atoms with Crippen molar-refractivity contribution in [2.45, 2.75) is 6.54 Å². The maximum Gasteiger partial charge on any atom is 0.0698 e. The fraction of sp³-hybridized carbons (Fsp3) is 0.571. The smallest absolute Gasteiger partial charge is 0.0698 e. The van der Waals surface area contributed by atoms with Crippen molar-refractivity contribution in [3.8, 4) is 0 Å². The molecule has 1 rings (SSSR count). The molecule has 0 aliphatic carbocycles. The number of hydrogen-bond acceptors (Lipinski definition) is 3. The minimum atomic E-state index is 0.0800. The van der Waals surface area contributed by atoms with Gasteiger partial charge in [-0.15, -0.1) is 0 Å². The van der Waals surface area contributed by atoms with E-state index in [1.54, 1.807) is 6.20 Å². The standard InChI is InChI=1S/C7H11IN2O2/c8-7-5-9-10(6-7)1-3-12-4-2-11/h5-6,11H,1-4H2. The van der Waals surface area contributed by atoms with Gasteiger partial charge in [-0.1, -0.05) is 0 Å². The Labute approximate surface area is 84.7 Å². The van der Waals surface area contributed by atoms with E-state index in [4.69, 9.17) is 9.84 Å². The van der Waals surface area contributed by atoms with Gasteiger partial charge in [0.15, 0.2) is 0 Å². The second kappa shape index (κ2) is 5.50. The Morgan fingerprint density at radius 2 is 2.42 bits per heavy atom. The van der Waals surface area contributed by atoms with Crippen LogP contribution in [0.5, 0.6) is 0 Å². The molecular formula is C7H11IN2O2. The SMILES string of the molecule is OCCOCCn1cc(I)cn1. The fourth-order valence-electron chi connectivity index (χ4n) is 0.785. The molecule has 1 aromatic heterocycles. The van der Waals surface area contributed by atoms with E-state index >= 15 is 0 Å². The molecule has 0 atom stereocenters. The van der Waals surface area contributed by atoms with E-state index in [2.05, 4.69) is 27.7 Å². The lowest BCUT2D eigenvalue weighted by Crippen LogP contribution is -2.08. The molecule has 0 aromatic carbocycles. The molecule has 12 heavy (non-hydrogen) atoms. The molecule has 4 nitrogen and oxygen atoms in total. The average Bonchev–Trinajstić information content (AvgIpc) is 2.45. The normalized spacial score (nSPS) is 10.5. The van der Waals surface area contributed by atoms with Gasteiger partial charge in [-0.25, -0.2) is 0 Å². The molecule has 68 valence electrons. The fourth-order valence-corrected chi connectivity index (χ4v) is 1.23. The first-order chi connectivity index (χ1) is 5.83. The van der Waals surface area contributed by atoms with Gasteiger partial charge in [-0.3, -0.25) is 4.68 Å². The minimum Gasteiger partial charge on any atom is -0.394 e. The van der Waals surface area contributed by atoms with Crippen molar-refractivity contribution in [1.29, 1.82) is 0 Å². The first-order valence-corrected chi connectivity index (χ1v) is 4.77. The van der Waals surface area contributed by atoms with Crippen LogP contribution in [0, 0.1) is 3.57 Å². The lowest BCUT2D eigenvalue weighted by Gasteiger charge is -2.01. The molecule has 0 bridgehead atoms. The zero-order valence-corrected chi connectivity index (χ0v) is 8.77. The number of halogens is 1. The van der Waals surface area contributed by atoms with E-state index in [0.717, 1.165) is 10.1 Å². The van der Waals surface area contributed by atoms with Gasteiger partial charge >= 0.3 is 0 Å². The van der Waals surface area contributed by atoms with Crippen molar-refractivity contribution in [3.63, 3.8) is 0 Å². The zero-order chi connectivity index (χ0) is 8.81. The van der Waals surface area contributed by atoms with E-state index < -0.39 is 0 Å². The Morgan fingerprint density at radius 3 is 3.00 bits per heavy atom. The first-order valence-electron chi connectivity index (χ1n) is 3.69. The molecule has 0 fully saturated rings.